The molecule has 0 rings (SSSR count). The molecule has 0 aromatic rings. The summed E-state index contributed by atoms with van der Waals surface area (Å²) in [5, 5.41) is 34.0. The van der Waals surface area contributed by atoms with Crippen molar-refractivity contribution in [3.8, 4) is 0 Å². The second-order valence-electron chi connectivity index (χ2n) is 1.74. The second-order valence-corrected chi connectivity index (χ2v) is 2.51. The van der Waals surface area contributed by atoms with Crippen LogP contribution in [0.1, 0.15) is 0 Å². The molecule has 0 aromatic heterocycles. The van der Waals surface area contributed by atoms with E-state index in [9.17, 15) is 0 Å². The normalized spacial score (nSPS) is 21.0. The van der Waals surface area contributed by atoms with Crippen molar-refractivity contribution in [1.29, 1.82) is 0 Å². The van der Waals surface area contributed by atoms with E-state index in [1.807, 2.05) is 0 Å². The number of rotatable bonds is 3. The topological polar surface area (TPSA) is 80.9 Å². The van der Waals surface area contributed by atoms with E-state index < -0.39 is 24.3 Å². The zero-order valence-electron chi connectivity index (χ0n) is 4.73. The van der Waals surface area contributed by atoms with Crippen LogP contribution in [-0.2, 0) is 0 Å². The van der Waals surface area contributed by atoms with E-state index in [0.29, 0.717) is 0 Å². The largest absolute Gasteiger partial charge is 0.394 e. The molecule has 0 spiro atoms. The van der Waals surface area contributed by atoms with Gasteiger partial charge in [-0.05, 0) is 0 Å². The van der Waals surface area contributed by atoms with Gasteiger partial charge in [-0.1, -0.05) is 0 Å². The lowest BCUT2D eigenvalue weighted by Crippen LogP contribution is -2.42. The smallest absolute Gasteiger partial charge is 0.158 e. The van der Waals surface area contributed by atoms with Gasteiger partial charge in [0.15, 0.2) is 4.93 Å². The maximum absolute atomic E-state index is 8.80. The van der Waals surface area contributed by atoms with Crippen molar-refractivity contribution in [2.75, 3.05) is 13.2 Å². The highest BCUT2D eigenvalue weighted by atomic mass is 32.1. The van der Waals surface area contributed by atoms with E-state index in [0.717, 1.165) is 0 Å². The Morgan fingerprint density at radius 3 is 2.00 bits per heavy atom. The molecule has 0 aliphatic heterocycles. The summed E-state index contributed by atoms with van der Waals surface area (Å²) in [5.74, 6) is 0. The molecule has 0 amide bonds. The molecule has 5 heteroatoms. The molecule has 0 saturated carbocycles. The Hall–Kier alpha value is 0.190. The van der Waals surface area contributed by atoms with Crippen molar-refractivity contribution in [3.05, 3.63) is 0 Å². The molecule has 0 fully saturated rings. The van der Waals surface area contributed by atoms with Gasteiger partial charge in [0.25, 0.3) is 0 Å². The molecule has 4 N–H and O–H groups in total. The zero-order chi connectivity index (χ0) is 7.49. The minimum absolute atomic E-state index is 0.624. The molecular formula is C4H10O4S. The van der Waals surface area contributed by atoms with Crippen molar-refractivity contribution >= 4 is 12.6 Å². The molecule has 0 saturated heterocycles. The minimum atomic E-state index is -1.89. The molecule has 0 aliphatic carbocycles. The third-order valence-corrected chi connectivity index (χ3v) is 1.38. The highest BCUT2D eigenvalue weighted by Crippen LogP contribution is 2.13. The van der Waals surface area contributed by atoms with E-state index in [-0.39, 0.29) is 0 Å². The fraction of sp³-hybridized carbons (Fsp3) is 1.00. The first kappa shape index (κ1) is 9.19. The summed E-state index contributed by atoms with van der Waals surface area (Å²) in [6.45, 7) is -1.32. The zero-order valence-corrected chi connectivity index (χ0v) is 5.62. The summed E-state index contributed by atoms with van der Waals surface area (Å²) >= 11 is 3.46. The van der Waals surface area contributed by atoms with Crippen LogP contribution in [0.2, 0.25) is 0 Å². The molecule has 0 radical (unpaired) electrons. The number of aliphatic hydroxyl groups is 4. The summed E-state index contributed by atoms with van der Waals surface area (Å²) in [6, 6.07) is 0. The minimum Gasteiger partial charge on any atom is -0.394 e. The lowest BCUT2D eigenvalue weighted by atomic mass is 10.2. The molecule has 2 atom stereocenters. The van der Waals surface area contributed by atoms with E-state index in [4.69, 9.17) is 20.4 Å². The van der Waals surface area contributed by atoms with Crippen LogP contribution >= 0.6 is 12.6 Å². The Bertz CT molecular complexity index is 84.6. The second kappa shape index (κ2) is 3.38. The summed E-state index contributed by atoms with van der Waals surface area (Å²) in [5.41, 5.74) is 0. The first-order valence-corrected chi connectivity index (χ1v) is 2.84. The molecule has 56 valence electrons. The molecule has 0 bridgehead atoms. The molecule has 0 unspecified atom stereocenters. The number of aliphatic hydroxyl groups excluding tert-OH is 3. The predicted molar refractivity (Wildman–Crippen MR) is 34.1 cm³/mol. The van der Waals surface area contributed by atoms with E-state index in [1.54, 1.807) is 0 Å². The highest BCUT2D eigenvalue weighted by molar-refractivity contribution is 7.81. The fourth-order valence-electron chi connectivity index (χ4n) is 0.252. The van der Waals surface area contributed by atoms with Crippen molar-refractivity contribution in [1.82, 2.24) is 0 Å². The fourth-order valence-corrected chi connectivity index (χ4v) is 0.333. The average Bonchev–Trinajstić information content (AvgIpc) is 1.86. The standard InChI is InChI=1S/C4H10O4S/c5-1-3(7)4(8,9)2-6/h3,5-9H,1-2H2/t3-,4-/m1/s1. The SMILES string of the molecule is OC[C@@H](O)[C@](O)(S)CO. The van der Waals surface area contributed by atoms with Gasteiger partial charge in [0, 0.05) is 0 Å². The Morgan fingerprint density at radius 2 is 1.89 bits per heavy atom. The average molecular weight is 154 g/mol. The third kappa shape index (κ3) is 2.51. The monoisotopic (exact) mass is 154 g/mol. The van der Waals surface area contributed by atoms with Crippen LogP contribution in [-0.4, -0.2) is 44.7 Å². The van der Waals surface area contributed by atoms with Gasteiger partial charge in [-0.2, -0.15) is 0 Å². The van der Waals surface area contributed by atoms with Gasteiger partial charge in [0.2, 0.25) is 0 Å². The van der Waals surface area contributed by atoms with Gasteiger partial charge in [-0.15, -0.1) is 12.6 Å². The molecule has 4 nitrogen and oxygen atoms in total. The summed E-state index contributed by atoms with van der Waals surface area (Å²) in [7, 11) is 0. The summed E-state index contributed by atoms with van der Waals surface area (Å²) in [4.78, 5) is -1.89. The van der Waals surface area contributed by atoms with E-state index >= 15 is 0 Å². The van der Waals surface area contributed by atoms with Gasteiger partial charge in [-0.3, -0.25) is 0 Å². The summed E-state index contributed by atoms with van der Waals surface area (Å²) < 4.78 is 0. The lowest BCUT2D eigenvalue weighted by Gasteiger charge is -2.23. The van der Waals surface area contributed by atoms with Crippen molar-refractivity contribution < 1.29 is 20.4 Å². The summed E-state index contributed by atoms with van der Waals surface area (Å²) in [6.07, 6.45) is -1.41. The van der Waals surface area contributed by atoms with Crippen LogP contribution in [0.3, 0.4) is 0 Å². The quantitative estimate of drug-likeness (QED) is 0.239. The molecule has 0 aliphatic rings. The first-order chi connectivity index (χ1) is 4.04. The van der Waals surface area contributed by atoms with Crippen molar-refractivity contribution in [2.45, 2.75) is 11.0 Å². The Morgan fingerprint density at radius 1 is 1.44 bits per heavy atom. The maximum Gasteiger partial charge on any atom is 0.158 e. The number of hydrogen-bond donors (Lipinski definition) is 5. The van der Waals surface area contributed by atoms with Crippen molar-refractivity contribution in [2.24, 2.45) is 0 Å². The molecule has 9 heavy (non-hydrogen) atoms. The van der Waals surface area contributed by atoms with Crippen LogP contribution in [0.15, 0.2) is 0 Å². The van der Waals surface area contributed by atoms with Gasteiger partial charge in [-0.25, -0.2) is 0 Å². The molecular weight excluding hydrogens is 144 g/mol. The van der Waals surface area contributed by atoms with Crippen molar-refractivity contribution in [3.63, 3.8) is 0 Å². The predicted octanol–water partition coefficient (Wildman–Crippen LogP) is -2.05. The van der Waals surface area contributed by atoms with E-state index in [2.05, 4.69) is 12.6 Å². The maximum atomic E-state index is 8.80. The Kier molecular flexibility index (Phi) is 3.45. The Balaban J connectivity index is 3.80. The highest BCUT2D eigenvalue weighted by Gasteiger charge is 2.29. The third-order valence-electron chi connectivity index (χ3n) is 0.939. The number of thiol groups is 1. The van der Waals surface area contributed by atoms with Crippen LogP contribution in [0, 0.1) is 0 Å². The number of hydrogen-bond acceptors (Lipinski definition) is 5. The van der Waals surface area contributed by atoms with Gasteiger partial charge in [0.05, 0.1) is 13.2 Å². The van der Waals surface area contributed by atoms with Gasteiger partial charge < -0.3 is 20.4 Å². The van der Waals surface area contributed by atoms with Crippen LogP contribution in [0.5, 0.6) is 0 Å². The lowest BCUT2D eigenvalue weighted by molar-refractivity contribution is -0.0601. The van der Waals surface area contributed by atoms with Crippen LogP contribution in [0.4, 0.5) is 0 Å². The van der Waals surface area contributed by atoms with Gasteiger partial charge in [0.1, 0.15) is 6.10 Å². The molecule has 0 heterocycles. The first-order valence-electron chi connectivity index (χ1n) is 2.39. The Labute approximate surface area is 58.2 Å². The van der Waals surface area contributed by atoms with E-state index in [1.165, 1.54) is 0 Å². The van der Waals surface area contributed by atoms with Crippen LogP contribution in [0.25, 0.3) is 0 Å². The molecule has 0 aromatic carbocycles. The van der Waals surface area contributed by atoms with Crippen LogP contribution < -0.4 is 0 Å². The van der Waals surface area contributed by atoms with Gasteiger partial charge >= 0.3 is 0 Å².